The van der Waals surface area contributed by atoms with E-state index in [9.17, 15) is 0 Å². The minimum atomic E-state index is 0.603. The molecule has 0 radical (unpaired) electrons. The Morgan fingerprint density at radius 2 is 2.25 bits per heavy atom. The lowest BCUT2D eigenvalue weighted by Crippen LogP contribution is -2.51. The Morgan fingerprint density at radius 3 is 3.08 bits per heavy atom. The van der Waals surface area contributed by atoms with Crippen molar-refractivity contribution in [1.29, 1.82) is 0 Å². The Kier molecular flexibility index (Phi) is 2.63. The normalized spacial score (nSPS) is 41.2. The van der Waals surface area contributed by atoms with Crippen LogP contribution in [-0.2, 0) is 4.84 Å². The summed E-state index contributed by atoms with van der Waals surface area (Å²) in [6, 6.07) is 0.603. The maximum Gasteiger partial charge on any atom is 0.0572 e. The summed E-state index contributed by atoms with van der Waals surface area (Å²) in [5, 5.41) is 0. The molecule has 2 saturated heterocycles. The molecule has 2 bridgehead atoms. The lowest BCUT2D eigenvalue weighted by atomic mass is 9.85. The van der Waals surface area contributed by atoms with Crippen molar-refractivity contribution in [3.05, 3.63) is 0 Å². The van der Waals surface area contributed by atoms with Gasteiger partial charge in [-0.3, -0.25) is 0 Å². The Hall–Kier alpha value is -0.120. The Labute approximate surface area is 74.0 Å². The van der Waals surface area contributed by atoms with Crippen LogP contribution in [0, 0.1) is 5.92 Å². The number of hydroxylamine groups is 1. The molecule has 2 aliphatic heterocycles. The maximum atomic E-state index is 5.00. The Bertz CT molecular complexity index is 149. The van der Waals surface area contributed by atoms with E-state index in [2.05, 4.69) is 10.4 Å². The van der Waals surface area contributed by atoms with Gasteiger partial charge in [-0.15, -0.1) is 0 Å². The van der Waals surface area contributed by atoms with Gasteiger partial charge in [0.15, 0.2) is 0 Å². The van der Waals surface area contributed by atoms with E-state index in [-0.39, 0.29) is 0 Å². The van der Waals surface area contributed by atoms with E-state index in [1.807, 2.05) is 0 Å². The molecule has 3 atom stereocenters. The minimum absolute atomic E-state index is 0.603. The Balaban J connectivity index is 1.90. The number of nitrogens with zero attached hydrogens (tertiary/aromatic N) is 1. The first kappa shape index (κ1) is 8.48. The largest absolute Gasteiger partial charge is 0.305 e. The van der Waals surface area contributed by atoms with Gasteiger partial charge in [0.1, 0.15) is 0 Å². The summed E-state index contributed by atoms with van der Waals surface area (Å²) in [6.45, 7) is 3.84. The highest BCUT2D eigenvalue weighted by atomic mass is 16.6. The van der Waals surface area contributed by atoms with Crippen LogP contribution >= 0.6 is 0 Å². The number of hydrogen-bond donors (Lipinski definition) is 1. The number of piperidine rings is 2. The summed E-state index contributed by atoms with van der Waals surface area (Å²) in [7, 11) is 1.72. The zero-order valence-electron chi connectivity index (χ0n) is 7.75. The first-order valence-corrected chi connectivity index (χ1v) is 4.91. The van der Waals surface area contributed by atoms with Crippen molar-refractivity contribution in [3.63, 3.8) is 0 Å². The second kappa shape index (κ2) is 3.73. The van der Waals surface area contributed by atoms with E-state index in [0.29, 0.717) is 6.04 Å². The predicted molar refractivity (Wildman–Crippen MR) is 47.7 cm³/mol. The van der Waals surface area contributed by atoms with Crippen molar-refractivity contribution in [2.45, 2.75) is 25.3 Å². The molecule has 2 fully saturated rings. The molecule has 2 heterocycles. The molecular weight excluding hydrogens is 152 g/mol. The highest BCUT2D eigenvalue weighted by Crippen LogP contribution is 2.26. The highest BCUT2D eigenvalue weighted by molar-refractivity contribution is 4.86. The van der Waals surface area contributed by atoms with Gasteiger partial charge in [0.25, 0.3) is 0 Å². The molecule has 0 amide bonds. The molecule has 0 aromatic heterocycles. The van der Waals surface area contributed by atoms with Crippen LogP contribution in [0.5, 0.6) is 0 Å². The van der Waals surface area contributed by atoms with E-state index >= 15 is 0 Å². The van der Waals surface area contributed by atoms with Gasteiger partial charge in [-0.05, 0) is 38.3 Å². The lowest BCUT2D eigenvalue weighted by molar-refractivity contribution is -0.00561. The molecule has 0 aromatic rings. The fourth-order valence-corrected chi connectivity index (χ4v) is 2.49. The van der Waals surface area contributed by atoms with Crippen LogP contribution in [0.2, 0.25) is 0 Å². The zero-order valence-corrected chi connectivity index (χ0v) is 7.75. The fourth-order valence-electron chi connectivity index (χ4n) is 2.49. The van der Waals surface area contributed by atoms with Gasteiger partial charge in [0.05, 0.1) is 7.11 Å². The van der Waals surface area contributed by atoms with Crippen LogP contribution in [0.1, 0.15) is 19.3 Å². The standard InChI is InChI=1S/C9H18N2O/c1-12-10-9-4-6-11-5-2-3-8(9)7-11/h8-10H,2-7H2,1H3. The van der Waals surface area contributed by atoms with Gasteiger partial charge in [-0.1, -0.05) is 0 Å². The van der Waals surface area contributed by atoms with Crippen LogP contribution in [0.3, 0.4) is 0 Å². The lowest BCUT2D eigenvalue weighted by Gasteiger charge is -2.42. The van der Waals surface area contributed by atoms with Crippen LogP contribution in [0.4, 0.5) is 0 Å². The van der Waals surface area contributed by atoms with Crippen molar-refractivity contribution >= 4 is 0 Å². The highest BCUT2D eigenvalue weighted by Gasteiger charge is 2.31. The van der Waals surface area contributed by atoms with E-state index in [1.54, 1.807) is 7.11 Å². The molecule has 3 heteroatoms. The number of rotatable bonds is 2. The van der Waals surface area contributed by atoms with Crippen LogP contribution in [0.15, 0.2) is 0 Å². The smallest absolute Gasteiger partial charge is 0.0572 e. The molecule has 0 saturated carbocycles. The third-order valence-electron chi connectivity index (χ3n) is 3.14. The number of nitrogens with one attached hydrogen (secondary N) is 1. The van der Waals surface area contributed by atoms with Crippen LogP contribution < -0.4 is 5.48 Å². The molecule has 0 aromatic carbocycles. The van der Waals surface area contributed by atoms with Crippen molar-refractivity contribution in [2.24, 2.45) is 5.92 Å². The SMILES string of the molecule is CONC1CCN2CCCC1C2. The molecule has 2 aliphatic rings. The summed E-state index contributed by atoms with van der Waals surface area (Å²) in [4.78, 5) is 7.58. The predicted octanol–water partition coefficient (Wildman–Crippen LogP) is 0.622. The van der Waals surface area contributed by atoms with E-state index in [1.165, 1.54) is 38.9 Å². The second-order valence-electron chi connectivity index (χ2n) is 3.92. The molecule has 70 valence electrons. The average molecular weight is 170 g/mol. The average Bonchev–Trinajstić information content (AvgIpc) is 2.11. The van der Waals surface area contributed by atoms with Gasteiger partial charge in [-0.25, -0.2) is 0 Å². The summed E-state index contributed by atoms with van der Waals surface area (Å²) in [5.41, 5.74) is 3.11. The summed E-state index contributed by atoms with van der Waals surface area (Å²) in [6.07, 6.45) is 3.99. The summed E-state index contributed by atoms with van der Waals surface area (Å²) >= 11 is 0. The number of hydrogen-bond acceptors (Lipinski definition) is 3. The quantitative estimate of drug-likeness (QED) is 0.615. The van der Waals surface area contributed by atoms with Crippen molar-refractivity contribution < 1.29 is 4.84 Å². The van der Waals surface area contributed by atoms with Gasteiger partial charge in [0, 0.05) is 12.6 Å². The van der Waals surface area contributed by atoms with Crippen LogP contribution in [-0.4, -0.2) is 37.7 Å². The first-order valence-electron chi connectivity index (χ1n) is 4.91. The third kappa shape index (κ3) is 1.63. The molecule has 12 heavy (non-hydrogen) atoms. The van der Waals surface area contributed by atoms with Gasteiger partial charge in [-0.2, -0.15) is 5.48 Å². The molecule has 0 aliphatic carbocycles. The fraction of sp³-hybridized carbons (Fsp3) is 1.00. The van der Waals surface area contributed by atoms with Crippen LogP contribution in [0.25, 0.3) is 0 Å². The third-order valence-corrected chi connectivity index (χ3v) is 3.14. The van der Waals surface area contributed by atoms with E-state index < -0.39 is 0 Å². The number of fused-ring (bicyclic) bond motifs is 2. The van der Waals surface area contributed by atoms with Gasteiger partial charge >= 0.3 is 0 Å². The van der Waals surface area contributed by atoms with Crippen molar-refractivity contribution in [1.82, 2.24) is 10.4 Å². The molecule has 3 nitrogen and oxygen atoms in total. The van der Waals surface area contributed by atoms with E-state index in [4.69, 9.17) is 4.84 Å². The monoisotopic (exact) mass is 170 g/mol. The molecule has 2 rings (SSSR count). The van der Waals surface area contributed by atoms with Crippen molar-refractivity contribution in [3.8, 4) is 0 Å². The molecule has 0 spiro atoms. The van der Waals surface area contributed by atoms with E-state index in [0.717, 1.165) is 5.92 Å². The molecular formula is C9H18N2O. The second-order valence-corrected chi connectivity index (χ2v) is 3.92. The molecule has 3 unspecified atom stereocenters. The van der Waals surface area contributed by atoms with Crippen molar-refractivity contribution in [2.75, 3.05) is 26.7 Å². The summed E-state index contributed by atoms with van der Waals surface area (Å²) < 4.78 is 0. The molecule has 1 N–H and O–H groups in total. The first-order chi connectivity index (χ1) is 5.90. The van der Waals surface area contributed by atoms with Gasteiger partial charge < -0.3 is 9.74 Å². The summed E-state index contributed by atoms with van der Waals surface area (Å²) in [5.74, 6) is 0.826. The maximum absolute atomic E-state index is 5.00. The zero-order chi connectivity index (χ0) is 8.39. The van der Waals surface area contributed by atoms with Gasteiger partial charge in [0.2, 0.25) is 0 Å². The Morgan fingerprint density at radius 1 is 1.33 bits per heavy atom. The minimum Gasteiger partial charge on any atom is -0.305 e. The topological polar surface area (TPSA) is 24.5 Å².